The number of nitrogens with two attached hydrogens (primary N) is 1. The molecule has 0 aliphatic carbocycles. The van der Waals surface area contributed by atoms with E-state index in [0.29, 0.717) is 24.9 Å². The third kappa shape index (κ3) is 5.36. The number of carbonyl (C=O) groups is 1. The van der Waals surface area contributed by atoms with Crippen molar-refractivity contribution in [1.82, 2.24) is 4.90 Å². The van der Waals surface area contributed by atoms with Gasteiger partial charge in [0.1, 0.15) is 0 Å². The van der Waals surface area contributed by atoms with Crippen LogP contribution in [0.15, 0.2) is 18.2 Å². The van der Waals surface area contributed by atoms with Gasteiger partial charge in [-0.3, -0.25) is 9.69 Å². The van der Waals surface area contributed by atoms with Gasteiger partial charge in [0.15, 0.2) is 0 Å². The van der Waals surface area contributed by atoms with Crippen molar-refractivity contribution < 1.29 is 9.53 Å². The van der Waals surface area contributed by atoms with Gasteiger partial charge in [0.05, 0.1) is 13.2 Å². The monoisotopic (exact) mass is 293 g/mol. The van der Waals surface area contributed by atoms with Crippen LogP contribution in [-0.4, -0.2) is 43.7 Å². The molecule has 1 aromatic carbocycles. The van der Waals surface area contributed by atoms with E-state index >= 15 is 0 Å². The Morgan fingerprint density at radius 2 is 2.19 bits per heavy atom. The summed E-state index contributed by atoms with van der Waals surface area (Å²) in [6.45, 7) is 7.86. The van der Waals surface area contributed by atoms with Crippen molar-refractivity contribution in [2.45, 2.75) is 33.2 Å². The second kappa shape index (κ2) is 8.64. The summed E-state index contributed by atoms with van der Waals surface area (Å²) in [6.07, 6.45) is 0.994. The minimum absolute atomic E-state index is 0.0277. The zero-order valence-electron chi connectivity index (χ0n) is 13.5. The van der Waals surface area contributed by atoms with Gasteiger partial charge in [0, 0.05) is 31.1 Å². The number of nitrogen functional groups attached to an aromatic ring is 1. The van der Waals surface area contributed by atoms with Crippen LogP contribution in [0.3, 0.4) is 0 Å². The molecule has 0 saturated heterocycles. The summed E-state index contributed by atoms with van der Waals surface area (Å²) in [5.41, 5.74) is 8.22. The van der Waals surface area contributed by atoms with Gasteiger partial charge in [0.25, 0.3) is 0 Å². The third-order valence-electron chi connectivity index (χ3n) is 3.79. The van der Waals surface area contributed by atoms with Crippen LogP contribution < -0.4 is 11.1 Å². The van der Waals surface area contributed by atoms with Gasteiger partial charge < -0.3 is 15.8 Å². The van der Waals surface area contributed by atoms with E-state index in [9.17, 15) is 4.79 Å². The summed E-state index contributed by atoms with van der Waals surface area (Å²) < 4.78 is 5.11. The first kappa shape index (κ1) is 17.5. The topological polar surface area (TPSA) is 67.6 Å². The van der Waals surface area contributed by atoms with Crippen LogP contribution in [0.1, 0.15) is 25.8 Å². The second-order valence-corrected chi connectivity index (χ2v) is 5.29. The molecule has 0 radical (unpaired) electrons. The number of nitrogens with one attached hydrogen (secondary N) is 1. The van der Waals surface area contributed by atoms with Gasteiger partial charge in [-0.1, -0.05) is 13.0 Å². The van der Waals surface area contributed by atoms with Crippen molar-refractivity contribution in [3.63, 3.8) is 0 Å². The summed E-state index contributed by atoms with van der Waals surface area (Å²) >= 11 is 0. The quantitative estimate of drug-likeness (QED) is 0.722. The number of nitrogens with zero attached hydrogens (tertiary/aromatic N) is 1. The lowest BCUT2D eigenvalue weighted by molar-refractivity contribution is -0.118. The van der Waals surface area contributed by atoms with Crippen molar-refractivity contribution in [3.05, 3.63) is 23.8 Å². The first-order valence-corrected chi connectivity index (χ1v) is 7.37. The highest BCUT2D eigenvalue weighted by Crippen LogP contribution is 2.20. The number of rotatable bonds is 8. The van der Waals surface area contributed by atoms with Crippen LogP contribution in [0.25, 0.3) is 0 Å². The summed E-state index contributed by atoms with van der Waals surface area (Å²) in [5.74, 6) is -0.0277. The van der Waals surface area contributed by atoms with Crippen molar-refractivity contribution in [3.8, 4) is 0 Å². The first-order valence-electron chi connectivity index (χ1n) is 7.37. The lowest BCUT2D eigenvalue weighted by Crippen LogP contribution is -2.41. The number of hydrogen-bond donors (Lipinski definition) is 2. The molecule has 0 aromatic heterocycles. The molecule has 5 heteroatoms. The summed E-state index contributed by atoms with van der Waals surface area (Å²) in [6, 6.07) is 5.88. The molecule has 1 atom stereocenters. The molecule has 3 N–H and O–H groups in total. The van der Waals surface area contributed by atoms with Crippen LogP contribution in [0.4, 0.5) is 11.4 Å². The molecular weight excluding hydrogens is 266 g/mol. The number of hydrogen-bond acceptors (Lipinski definition) is 4. The number of ether oxygens (including phenoxy) is 1. The minimum Gasteiger partial charge on any atom is -0.398 e. The SMILES string of the molecule is CCC(C)N(CCOC)CC(=O)Nc1cccc(N)c1C. The number of methoxy groups -OCH3 is 1. The fraction of sp³-hybridized carbons (Fsp3) is 0.562. The van der Waals surface area contributed by atoms with E-state index in [1.165, 1.54) is 0 Å². The number of benzene rings is 1. The summed E-state index contributed by atoms with van der Waals surface area (Å²) in [4.78, 5) is 14.4. The van der Waals surface area contributed by atoms with Crippen LogP contribution >= 0.6 is 0 Å². The maximum atomic E-state index is 12.2. The molecular formula is C16H27N3O2. The summed E-state index contributed by atoms with van der Waals surface area (Å²) in [7, 11) is 1.67. The van der Waals surface area contributed by atoms with E-state index in [4.69, 9.17) is 10.5 Å². The van der Waals surface area contributed by atoms with Gasteiger partial charge in [-0.05, 0) is 38.0 Å². The Morgan fingerprint density at radius 3 is 2.81 bits per heavy atom. The average Bonchev–Trinajstić information content (AvgIpc) is 2.47. The Hall–Kier alpha value is -1.59. The molecule has 0 bridgehead atoms. The Balaban J connectivity index is 2.66. The van der Waals surface area contributed by atoms with Crippen LogP contribution in [0, 0.1) is 6.92 Å². The third-order valence-corrected chi connectivity index (χ3v) is 3.79. The maximum Gasteiger partial charge on any atom is 0.238 e. The zero-order chi connectivity index (χ0) is 15.8. The largest absolute Gasteiger partial charge is 0.398 e. The predicted molar refractivity (Wildman–Crippen MR) is 87.4 cm³/mol. The van der Waals surface area contributed by atoms with Gasteiger partial charge in [0.2, 0.25) is 5.91 Å². The average molecular weight is 293 g/mol. The molecule has 0 aliphatic heterocycles. The van der Waals surface area contributed by atoms with Gasteiger partial charge in [-0.25, -0.2) is 0 Å². The Labute approximate surface area is 127 Å². The van der Waals surface area contributed by atoms with Crippen molar-refractivity contribution in [2.75, 3.05) is 37.9 Å². The number of amides is 1. The highest BCUT2D eigenvalue weighted by atomic mass is 16.5. The summed E-state index contributed by atoms with van der Waals surface area (Å²) in [5, 5.41) is 2.94. The van der Waals surface area contributed by atoms with E-state index in [1.54, 1.807) is 7.11 Å². The van der Waals surface area contributed by atoms with Crippen LogP contribution in [0.5, 0.6) is 0 Å². The molecule has 21 heavy (non-hydrogen) atoms. The molecule has 1 aromatic rings. The van der Waals surface area contributed by atoms with E-state index in [-0.39, 0.29) is 5.91 Å². The van der Waals surface area contributed by atoms with Gasteiger partial charge in [-0.15, -0.1) is 0 Å². The molecule has 0 saturated carbocycles. The predicted octanol–water partition coefficient (Wildman–Crippen LogP) is 2.26. The highest BCUT2D eigenvalue weighted by Gasteiger charge is 2.16. The van der Waals surface area contributed by atoms with Gasteiger partial charge >= 0.3 is 0 Å². The molecule has 0 aliphatic rings. The lowest BCUT2D eigenvalue weighted by Gasteiger charge is -2.27. The molecule has 5 nitrogen and oxygen atoms in total. The number of anilines is 2. The highest BCUT2D eigenvalue weighted by molar-refractivity contribution is 5.93. The maximum absolute atomic E-state index is 12.2. The first-order chi connectivity index (χ1) is 9.99. The smallest absolute Gasteiger partial charge is 0.238 e. The molecule has 1 unspecified atom stereocenters. The minimum atomic E-state index is -0.0277. The van der Waals surface area contributed by atoms with E-state index < -0.39 is 0 Å². The molecule has 0 fully saturated rings. The molecule has 0 spiro atoms. The number of carbonyl (C=O) groups excluding carboxylic acids is 1. The molecule has 118 valence electrons. The lowest BCUT2D eigenvalue weighted by atomic mass is 10.1. The molecule has 1 amide bonds. The Morgan fingerprint density at radius 1 is 1.48 bits per heavy atom. The van der Waals surface area contributed by atoms with Crippen LogP contribution in [0.2, 0.25) is 0 Å². The van der Waals surface area contributed by atoms with E-state index in [0.717, 1.165) is 24.2 Å². The van der Waals surface area contributed by atoms with E-state index in [2.05, 4.69) is 24.1 Å². The molecule has 1 rings (SSSR count). The Kier molecular flexibility index (Phi) is 7.19. The van der Waals surface area contributed by atoms with Crippen molar-refractivity contribution >= 4 is 17.3 Å². The fourth-order valence-electron chi connectivity index (χ4n) is 2.09. The van der Waals surface area contributed by atoms with Crippen molar-refractivity contribution in [1.29, 1.82) is 0 Å². The van der Waals surface area contributed by atoms with Crippen LogP contribution in [-0.2, 0) is 9.53 Å². The normalized spacial score (nSPS) is 12.4. The van der Waals surface area contributed by atoms with Crippen molar-refractivity contribution in [2.24, 2.45) is 0 Å². The Bertz CT molecular complexity index is 463. The van der Waals surface area contributed by atoms with E-state index in [1.807, 2.05) is 25.1 Å². The standard InChI is InChI=1S/C16H27N3O2/c1-5-12(2)19(9-10-21-4)11-16(20)18-15-8-6-7-14(17)13(15)3/h6-8,12H,5,9-11,17H2,1-4H3,(H,18,20). The fourth-order valence-corrected chi connectivity index (χ4v) is 2.09. The second-order valence-electron chi connectivity index (χ2n) is 5.29. The molecule has 0 heterocycles. The zero-order valence-corrected chi connectivity index (χ0v) is 13.5. The van der Waals surface area contributed by atoms with Gasteiger partial charge in [-0.2, -0.15) is 0 Å².